The van der Waals surface area contributed by atoms with Gasteiger partial charge >= 0.3 is 5.97 Å². The zero-order chi connectivity index (χ0) is 23.5. The number of ether oxygens (including phenoxy) is 1. The average molecular weight is 470 g/mol. The summed E-state index contributed by atoms with van der Waals surface area (Å²) in [6, 6.07) is 8.95. The molecule has 1 N–H and O–H groups in total. The minimum atomic E-state index is -0.668. The fourth-order valence-corrected chi connectivity index (χ4v) is 4.69. The molecule has 33 heavy (non-hydrogen) atoms. The molecule has 0 radical (unpaired) electrons. The van der Waals surface area contributed by atoms with Crippen LogP contribution in [0.2, 0.25) is 0 Å². The third-order valence-corrected chi connectivity index (χ3v) is 6.00. The van der Waals surface area contributed by atoms with Crippen molar-refractivity contribution in [2.24, 2.45) is 4.99 Å². The highest BCUT2D eigenvalue weighted by Crippen LogP contribution is 2.45. The molecule has 0 saturated heterocycles. The predicted molar refractivity (Wildman–Crippen MR) is 123 cm³/mol. The summed E-state index contributed by atoms with van der Waals surface area (Å²) >= 11 is 1.36. The van der Waals surface area contributed by atoms with Crippen molar-refractivity contribution < 1.29 is 23.1 Å². The molecule has 2 aliphatic rings. The number of nitrogens with zero attached hydrogens (tertiary/aromatic N) is 2. The highest BCUT2D eigenvalue weighted by atomic mass is 32.2. The van der Waals surface area contributed by atoms with Gasteiger partial charge in [-0.2, -0.15) is 0 Å². The van der Waals surface area contributed by atoms with E-state index in [0.29, 0.717) is 33.5 Å². The summed E-state index contributed by atoms with van der Waals surface area (Å²) in [7, 11) is 0. The molecule has 2 aliphatic heterocycles. The Kier molecular flexibility index (Phi) is 6.69. The number of amides is 1. The van der Waals surface area contributed by atoms with Crippen LogP contribution >= 0.6 is 11.8 Å². The lowest BCUT2D eigenvalue weighted by atomic mass is 9.93. The first-order valence-electron chi connectivity index (χ1n) is 10.5. The maximum absolute atomic E-state index is 14.2. The van der Waals surface area contributed by atoms with E-state index in [0.717, 1.165) is 0 Å². The number of hydrogen-bond acceptors (Lipinski definition) is 7. The van der Waals surface area contributed by atoms with Crippen LogP contribution in [0.3, 0.4) is 0 Å². The van der Waals surface area contributed by atoms with Gasteiger partial charge in [-0.25, -0.2) is 14.2 Å². The molecule has 0 bridgehead atoms. The van der Waals surface area contributed by atoms with Crippen LogP contribution < -0.4 is 5.32 Å². The fraction of sp³-hybridized carbons (Fsp3) is 0.292. The van der Waals surface area contributed by atoms with Crippen molar-refractivity contribution in [2.75, 3.05) is 0 Å². The van der Waals surface area contributed by atoms with Crippen molar-refractivity contribution in [3.63, 3.8) is 0 Å². The van der Waals surface area contributed by atoms with Gasteiger partial charge in [-0.1, -0.05) is 23.9 Å². The number of amidine groups is 1. The Hall–Kier alpha value is -3.33. The third-order valence-electron chi connectivity index (χ3n) is 5.11. The minimum absolute atomic E-state index is 0.0596. The van der Waals surface area contributed by atoms with Gasteiger partial charge in [0.2, 0.25) is 5.91 Å². The Morgan fingerprint density at radius 3 is 2.82 bits per heavy atom. The Morgan fingerprint density at radius 1 is 1.30 bits per heavy atom. The molecule has 0 spiro atoms. The summed E-state index contributed by atoms with van der Waals surface area (Å²) in [5.41, 5.74) is 2.06. The molecule has 1 aromatic heterocycles. The number of hydrogen-bond donors (Lipinski definition) is 1. The summed E-state index contributed by atoms with van der Waals surface area (Å²) in [4.78, 5) is 32.1. The maximum atomic E-state index is 14.2. The SMILES string of the molecule is CC1=C(C(=O)OC(C)C)[C@H](c2cccc(F)c2)N2C(CC(=O)NCc3ccco3)=CSC2=N1. The number of fused-ring (bicyclic) bond motifs is 1. The predicted octanol–water partition coefficient (Wildman–Crippen LogP) is 4.65. The zero-order valence-electron chi connectivity index (χ0n) is 18.5. The fourth-order valence-electron chi connectivity index (χ4n) is 3.73. The maximum Gasteiger partial charge on any atom is 0.338 e. The van der Waals surface area contributed by atoms with Crippen molar-refractivity contribution >= 4 is 28.8 Å². The van der Waals surface area contributed by atoms with Crippen LogP contribution in [0.25, 0.3) is 0 Å². The van der Waals surface area contributed by atoms with Crippen LogP contribution in [-0.4, -0.2) is 28.0 Å². The van der Waals surface area contributed by atoms with E-state index >= 15 is 0 Å². The van der Waals surface area contributed by atoms with Gasteiger partial charge in [-0.05, 0) is 56.0 Å². The molecule has 0 aliphatic carbocycles. The Balaban J connectivity index is 1.64. The first-order chi connectivity index (χ1) is 15.8. The lowest BCUT2D eigenvalue weighted by Crippen LogP contribution is -2.38. The molecular weight excluding hydrogens is 445 g/mol. The first kappa shape index (κ1) is 22.8. The zero-order valence-corrected chi connectivity index (χ0v) is 19.3. The third kappa shape index (κ3) is 5.03. The van der Waals surface area contributed by atoms with Crippen molar-refractivity contribution in [1.82, 2.24) is 10.2 Å². The van der Waals surface area contributed by atoms with E-state index in [1.54, 1.807) is 51.3 Å². The van der Waals surface area contributed by atoms with Gasteiger partial charge in [0.25, 0.3) is 0 Å². The van der Waals surface area contributed by atoms with Gasteiger partial charge in [-0.3, -0.25) is 4.79 Å². The second kappa shape index (κ2) is 9.66. The number of furan rings is 1. The number of carbonyl (C=O) groups excluding carboxylic acids is 2. The lowest BCUT2D eigenvalue weighted by molar-refractivity contribution is -0.143. The van der Waals surface area contributed by atoms with Gasteiger partial charge < -0.3 is 19.4 Å². The normalized spacial score (nSPS) is 17.6. The van der Waals surface area contributed by atoms with Crippen LogP contribution in [-0.2, 0) is 20.9 Å². The number of benzene rings is 1. The summed E-state index contributed by atoms with van der Waals surface area (Å²) in [5.74, 6) is -0.499. The number of thioether (sulfide) groups is 1. The molecule has 0 fully saturated rings. The largest absolute Gasteiger partial charge is 0.467 e. The molecule has 9 heteroatoms. The van der Waals surface area contributed by atoms with Gasteiger partial charge in [0, 0.05) is 5.70 Å². The number of rotatable bonds is 7. The molecule has 0 saturated carbocycles. The molecule has 0 unspecified atom stereocenters. The highest BCUT2D eigenvalue weighted by molar-refractivity contribution is 8.16. The number of nitrogens with one attached hydrogen (secondary N) is 1. The molecule has 1 amide bonds. The number of allylic oxidation sites excluding steroid dienone is 1. The molecule has 172 valence electrons. The molecule has 3 heterocycles. The van der Waals surface area contributed by atoms with Gasteiger partial charge in [0.1, 0.15) is 11.6 Å². The molecular formula is C24H24FN3O4S. The van der Waals surface area contributed by atoms with E-state index in [2.05, 4.69) is 10.3 Å². The monoisotopic (exact) mass is 469 g/mol. The highest BCUT2D eigenvalue weighted by Gasteiger charge is 2.41. The van der Waals surface area contributed by atoms with Crippen molar-refractivity contribution in [3.05, 3.63) is 82.2 Å². The number of halogens is 1. The smallest absolute Gasteiger partial charge is 0.338 e. The molecule has 1 aromatic carbocycles. The second-order valence-electron chi connectivity index (χ2n) is 7.93. The molecule has 2 aromatic rings. The Morgan fingerprint density at radius 2 is 2.12 bits per heavy atom. The van der Waals surface area contributed by atoms with Crippen molar-refractivity contribution in [3.8, 4) is 0 Å². The number of aliphatic imine (C=N–C) groups is 1. The van der Waals surface area contributed by atoms with E-state index in [1.807, 2.05) is 10.3 Å². The quantitative estimate of drug-likeness (QED) is 0.594. The van der Waals surface area contributed by atoms with E-state index in [4.69, 9.17) is 9.15 Å². The second-order valence-corrected chi connectivity index (χ2v) is 8.77. The first-order valence-corrected chi connectivity index (χ1v) is 11.4. The molecule has 7 nitrogen and oxygen atoms in total. The van der Waals surface area contributed by atoms with Gasteiger partial charge in [-0.15, -0.1) is 0 Å². The summed E-state index contributed by atoms with van der Waals surface area (Å²) in [6.45, 7) is 5.54. The van der Waals surface area contributed by atoms with Gasteiger partial charge in [0.15, 0.2) is 5.17 Å². The standard InChI is InChI=1S/C24H24FN3O4S/c1-14(2)32-23(30)21-15(3)27-24-28(22(21)16-6-4-7-17(25)10-16)18(13-33-24)11-20(29)26-12-19-8-5-9-31-19/h4-10,13-14,22H,11-12H2,1-3H3,(H,26,29)/t22-/m0/s1. The van der Waals surface area contributed by atoms with Crippen LogP contribution in [0.15, 0.2) is 74.4 Å². The topological polar surface area (TPSA) is 84.1 Å². The van der Waals surface area contributed by atoms with Crippen LogP contribution in [0.4, 0.5) is 4.39 Å². The molecule has 1 atom stereocenters. The van der Waals surface area contributed by atoms with E-state index < -0.39 is 17.8 Å². The van der Waals surface area contributed by atoms with Crippen LogP contribution in [0.1, 0.15) is 44.6 Å². The van der Waals surface area contributed by atoms with E-state index in [-0.39, 0.29) is 25.0 Å². The van der Waals surface area contributed by atoms with Crippen LogP contribution in [0, 0.1) is 5.82 Å². The lowest BCUT2D eigenvalue weighted by Gasteiger charge is -2.36. The Labute approximate surface area is 195 Å². The minimum Gasteiger partial charge on any atom is -0.467 e. The summed E-state index contributed by atoms with van der Waals surface area (Å²) in [5, 5.41) is 5.28. The van der Waals surface area contributed by atoms with Crippen molar-refractivity contribution in [1.29, 1.82) is 0 Å². The van der Waals surface area contributed by atoms with Crippen LogP contribution in [0.5, 0.6) is 0 Å². The number of carbonyl (C=O) groups is 2. The summed E-state index contributed by atoms with van der Waals surface area (Å²) < 4.78 is 24.9. The van der Waals surface area contributed by atoms with Gasteiger partial charge in [0.05, 0.1) is 42.6 Å². The molecule has 4 rings (SSSR count). The Bertz CT molecular complexity index is 1150. The number of esters is 1. The van der Waals surface area contributed by atoms with Crippen molar-refractivity contribution in [2.45, 2.75) is 45.9 Å². The van der Waals surface area contributed by atoms with E-state index in [1.165, 1.54) is 23.9 Å². The summed E-state index contributed by atoms with van der Waals surface area (Å²) in [6.07, 6.45) is 1.28. The van der Waals surface area contributed by atoms with E-state index in [9.17, 15) is 14.0 Å². The average Bonchev–Trinajstić information content (AvgIpc) is 3.41.